The van der Waals surface area contributed by atoms with Gasteiger partial charge in [0.2, 0.25) is 0 Å². The summed E-state index contributed by atoms with van der Waals surface area (Å²) in [5.41, 5.74) is 6.05. The molecule has 8 heteroatoms. The molecular weight excluding hydrogens is 523 g/mol. The SMILES string of the molecule is Cc1c(-c2csc(/C(C#N)=C3/SC=C(c4ccccc4)N3c3ccccc3)n2)c(=O)n(-c2ccccc2)n1C. The number of thiazole rings is 1. The van der Waals surface area contributed by atoms with E-state index in [1.165, 1.54) is 23.1 Å². The number of allylic oxidation sites excluding steroid dienone is 1. The predicted octanol–water partition coefficient (Wildman–Crippen LogP) is 7.05. The molecule has 6 nitrogen and oxygen atoms in total. The Morgan fingerprint density at radius 3 is 2.15 bits per heavy atom. The maximum Gasteiger partial charge on any atom is 0.281 e. The Bertz CT molecular complexity index is 1820. The molecule has 0 saturated carbocycles. The van der Waals surface area contributed by atoms with Crippen LogP contribution >= 0.6 is 23.1 Å². The van der Waals surface area contributed by atoms with Crippen molar-refractivity contribution >= 4 is 40.1 Å². The van der Waals surface area contributed by atoms with Crippen LogP contribution in [0, 0.1) is 18.3 Å². The van der Waals surface area contributed by atoms with Crippen molar-refractivity contribution in [1.29, 1.82) is 5.26 Å². The van der Waals surface area contributed by atoms with Gasteiger partial charge in [0.05, 0.1) is 22.6 Å². The third-order valence-corrected chi connectivity index (χ3v) is 8.48. The van der Waals surface area contributed by atoms with Crippen molar-refractivity contribution in [2.24, 2.45) is 7.05 Å². The molecule has 39 heavy (non-hydrogen) atoms. The summed E-state index contributed by atoms with van der Waals surface area (Å²) in [4.78, 5) is 20.5. The Morgan fingerprint density at radius 2 is 1.51 bits per heavy atom. The third-order valence-electron chi connectivity index (χ3n) is 6.66. The second-order valence-corrected chi connectivity index (χ2v) is 10.6. The minimum Gasteiger partial charge on any atom is -0.302 e. The molecule has 0 spiro atoms. The molecule has 190 valence electrons. The van der Waals surface area contributed by atoms with Gasteiger partial charge in [-0.2, -0.15) is 5.26 Å². The van der Waals surface area contributed by atoms with Gasteiger partial charge in [0.25, 0.3) is 5.56 Å². The van der Waals surface area contributed by atoms with Crippen molar-refractivity contribution in [2.45, 2.75) is 6.92 Å². The summed E-state index contributed by atoms with van der Waals surface area (Å²) in [6.45, 7) is 1.92. The van der Waals surface area contributed by atoms with Gasteiger partial charge in [0.1, 0.15) is 21.7 Å². The van der Waals surface area contributed by atoms with Gasteiger partial charge in [-0.1, -0.05) is 78.5 Å². The molecule has 3 aromatic carbocycles. The lowest BCUT2D eigenvalue weighted by molar-refractivity contribution is 0.630. The number of para-hydroxylation sites is 2. The number of benzene rings is 3. The van der Waals surface area contributed by atoms with E-state index in [1.807, 2.05) is 103 Å². The van der Waals surface area contributed by atoms with E-state index in [0.29, 0.717) is 21.8 Å². The van der Waals surface area contributed by atoms with E-state index in [-0.39, 0.29) is 5.56 Å². The van der Waals surface area contributed by atoms with Gasteiger partial charge in [-0.15, -0.1) is 11.3 Å². The number of hydrogen-bond acceptors (Lipinski definition) is 6. The molecule has 0 amide bonds. The molecule has 0 N–H and O–H groups in total. The lowest BCUT2D eigenvalue weighted by atomic mass is 10.1. The number of nitrogens with zero attached hydrogens (tertiary/aromatic N) is 5. The maximum atomic E-state index is 13.6. The molecule has 0 fully saturated rings. The van der Waals surface area contributed by atoms with Crippen molar-refractivity contribution in [3.8, 4) is 23.0 Å². The van der Waals surface area contributed by atoms with Gasteiger partial charge >= 0.3 is 0 Å². The molecule has 3 heterocycles. The first kappa shape index (κ1) is 24.7. The Morgan fingerprint density at radius 1 is 0.897 bits per heavy atom. The van der Waals surface area contributed by atoms with E-state index in [4.69, 9.17) is 4.98 Å². The molecule has 5 aromatic rings. The molecule has 1 aliphatic rings. The minimum atomic E-state index is -0.140. The summed E-state index contributed by atoms with van der Waals surface area (Å²) < 4.78 is 3.49. The summed E-state index contributed by atoms with van der Waals surface area (Å²) in [7, 11) is 1.87. The van der Waals surface area contributed by atoms with Crippen LogP contribution < -0.4 is 10.5 Å². The summed E-state index contributed by atoms with van der Waals surface area (Å²) in [6, 6.07) is 32.1. The number of thioether (sulfide) groups is 1. The number of nitriles is 1. The van der Waals surface area contributed by atoms with Crippen molar-refractivity contribution in [1.82, 2.24) is 14.3 Å². The monoisotopic (exact) mass is 545 g/mol. The van der Waals surface area contributed by atoms with Crippen LogP contribution in [-0.4, -0.2) is 14.3 Å². The third kappa shape index (κ3) is 4.32. The first-order valence-corrected chi connectivity index (χ1v) is 14.1. The standard InChI is InChI=1S/C31H23N5OS2/c1-21-28(30(37)36(34(21)2)24-16-10-5-11-17-24)26-19-38-29(33-26)25(18-32)31-35(23-14-8-4-9-15-23)27(20-39-31)22-12-6-3-7-13-22/h3-17,19-20H,1-2H3/b31-25+. The number of anilines is 1. The Balaban J connectivity index is 1.46. The highest BCUT2D eigenvalue weighted by Gasteiger charge is 2.29. The lowest BCUT2D eigenvalue weighted by Crippen LogP contribution is -2.20. The fraction of sp³-hybridized carbons (Fsp3) is 0.0645. The van der Waals surface area contributed by atoms with E-state index in [0.717, 1.165) is 33.4 Å². The van der Waals surface area contributed by atoms with Crippen LogP contribution in [0.1, 0.15) is 16.3 Å². The lowest BCUT2D eigenvalue weighted by Gasteiger charge is -2.24. The molecule has 6 rings (SSSR count). The molecule has 0 saturated heterocycles. The normalized spacial score (nSPS) is 14.3. The average Bonchev–Trinajstić information content (AvgIpc) is 3.68. The van der Waals surface area contributed by atoms with Crippen molar-refractivity contribution in [3.63, 3.8) is 0 Å². The Hall–Kier alpha value is -4.58. The zero-order valence-electron chi connectivity index (χ0n) is 21.3. The van der Waals surface area contributed by atoms with Crippen LogP contribution in [-0.2, 0) is 7.05 Å². The first-order valence-electron chi connectivity index (χ1n) is 12.3. The summed E-state index contributed by atoms with van der Waals surface area (Å²) in [6.07, 6.45) is 0. The number of rotatable bonds is 5. The van der Waals surface area contributed by atoms with E-state index >= 15 is 0 Å². The van der Waals surface area contributed by atoms with Gasteiger partial charge in [-0.3, -0.25) is 9.48 Å². The van der Waals surface area contributed by atoms with Gasteiger partial charge in [0.15, 0.2) is 0 Å². The molecule has 0 unspecified atom stereocenters. The highest BCUT2D eigenvalue weighted by atomic mass is 32.2. The van der Waals surface area contributed by atoms with Crippen molar-refractivity contribution in [3.05, 3.63) is 133 Å². The van der Waals surface area contributed by atoms with Gasteiger partial charge in [-0.25, -0.2) is 9.67 Å². The molecular formula is C31H23N5OS2. The van der Waals surface area contributed by atoms with Crippen molar-refractivity contribution in [2.75, 3.05) is 4.90 Å². The largest absolute Gasteiger partial charge is 0.302 e. The predicted molar refractivity (Wildman–Crippen MR) is 160 cm³/mol. The molecule has 0 atom stereocenters. The zero-order valence-corrected chi connectivity index (χ0v) is 22.9. The molecule has 0 radical (unpaired) electrons. The zero-order chi connectivity index (χ0) is 26.9. The minimum absolute atomic E-state index is 0.140. The van der Waals surface area contributed by atoms with Crippen LogP contribution in [0.4, 0.5) is 5.69 Å². The van der Waals surface area contributed by atoms with Gasteiger partial charge in [-0.05, 0) is 36.8 Å². The van der Waals surface area contributed by atoms with Gasteiger partial charge < -0.3 is 4.90 Å². The second-order valence-electron chi connectivity index (χ2n) is 8.92. The van der Waals surface area contributed by atoms with E-state index < -0.39 is 0 Å². The fourth-order valence-electron chi connectivity index (χ4n) is 4.69. The maximum absolute atomic E-state index is 13.6. The van der Waals surface area contributed by atoms with Crippen molar-refractivity contribution < 1.29 is 0 Å². The molecule has 0 bridgehead atoms. The van der Waals surface area contributed by atoms with Gasteiger partial charge in [0, 0.05) is 29.2 Å². The fourth-order valence-corrected chi connectivity index (χ4v) is 6.59. The van der Waals surface area contributed by atoms with E-state index in [2.05, 4.69) is 28.5 Å². The van der Waals surface area contributed by atoms with Crippen LogP contribution in [0.15, 0.2) is 112 Å². The number of aromatic nitrogens is 3. The summed E-state index contributed by atoms with van der Waals surface area (Å²) in [5.74, 6) is 0. The Kier molecular flexibility index (Phi) is 6.53. The topological polar surface area (TPSA) is 66.8 Å². The van der Waals surface area contributed by atoms with Crippen LogP contribution in [0.2, 0.25) is 0 Å². The van der Waals surface area contributed by atoms with Crippen LogP contribution in [0.3, 0.4) is 0 Å². The second kappa shape index (κ2) is 10.3. The summed E-state index contributed by atoms with van der Waals surface area (Å²) in [5, 5.41) is 15.7. The highest BCUT2D eigenvalue weighted by Crippen LogP contribution is 2.46. The van der Waals surface area contributed by atoms with E-state index in [9.17, 15) is 10.1 Å². The van der Waals surface area contributed by atoms with Crippen LogP contribution in [0.5, 0.6) is 0 Å². The molecule has 1 aliphatic heterocycles. The van der Waals surface area contributed by atoms with Crippen LogP contribution in [0.25, 0.3) is 28.2 Å². The quantitative estimate of drug-likeness (QED) is 0.221. The Labute approximate surface area is 234 Å². The molecule has 0 aliphatic carbocycles. The molecule has 2 aromatic heterocycles. The summed E-state index contributed by atoms with van der Waals surface area (Å²) >= 11 is 2.88. The first-order chi connectivity index (χ1) is 19.1. The van der Waals surface area contributed by atoms with E-state index in [1.54, 1.807) is 4.68 Å². The average molecular weight is 546 g/mol. The highest BCUT2D eigenvalue weighted by molar-refractivity contribution is 8.06. The smallest absolute Gasteiger partial charge is 0.281 e. The number of hydrogen-bond donors (Lipinski definition) is 0.